The number of nitrogens with one attached hydrogen (secondary N) is 1. The van der Waals surface area contributed by atoms with Crippen molar-refractivity contribution < 1.29 is 14.3 Å². The van der Waals surface area contributed by atoms with Gasteiger partial charge in [-0.1, -0.05) is 24.3 Å². The fourth-order valence-electron chi connectivity index (χ4n) is 3.11. The Morgan fingerprint density at radius 1 is 1.10 bits per heavy atom. The molecule has 0 saturated heterocycles. The lowest BCUT2D eigenvalue weighted by Crippen LogP contribution is -2.23. The molecule has 2 aromatic carbocycles. The first-order chi connectivity index (χ1) is 10.2. The molecule has 4 nitrogen and oxygen atoms in total. The lowest BCUT2D eigenvalue weighted by atomic mass is 9.82. The number of hydrogen-bond donors (Lipinski definition) is 1. The first kappa shape index (κ1) is 12.3. The number of amides is 1. The van der Waals surface area contributed by atoms with Gasteiger partial charge >= 0.3 is 0 Å². The molecule has 0 fully saturated rings. The number of rotatable bonds is 1. The van der Waals surface area contributed by atoms with Crippen molar-refractivity contribution in [2.24, 2.45) is 0 Å². The zero-order valence-electron chi connectivity index (χ0n) is 11.7. The highest BCUT2D eigenvalue weighted by Crippen LogP contribution is 2.45. The number of carbonyl (C=O) groups is 1. The molecule has 0 bridgehead atoms. The molecule has 4 rings (SSSR count). The predicted molar refractivity (Wildman–Crippen MR) is 78.8 cm³/mol. The van der Waals surface area contributed by atoms with Crippen molar-refractivity contribution in [3.8, 4) is 11.5 Å². The second kappa shape index (κ2) is 4.52. The van der Waals surface area contributed by atoms with E-state index in [1.165, 1.54) is 11.1 Å². The lowest BCUT2D eigenvalue weighted by molar-refractivity contribution is -0.116. The third kappa shape index (κ3) is 1.95. The third-order valence-electron chi connectivity index (χ3n) is 4.15. The molecule has 2 aliphatic rings. The van der Waals surface area contributed by atoms with E-state index in [2.05, 4.69) is 24.4 Å². The third-order valence-corrected chi connectivity index (χ3v) is 4.15. The summed E-state index contributed by atoms with van der Waals surface area (Å²) in [6, 6.07) is 12.1. The number of hydrogen-bond acceptors (Lipinski definition) is 3. The van der Waals surface area contributed by atoms with Crippen LogP contribution in [0.15, 0.2) is 36.4 Å². The molecular formula is C17H15NO3. The van der Waals surface area contributed by atoms with E-state index in [-0.39, 0.29) is 18.6 Å². The summed E-state index contributed by atoms with van der Waals surface area (Å²) in [5.41, 5.74) is 4.30. The number of aryl methyl sites for hydroxylation is 1. The molecule has 1 N–H and O–H groups in total. The van der Waals surface area contributed by atoms with Crippen molar-refractivity contribution in [1.29, 1.82) is 0 Å². The maximum Gasteiger partial charge on any atom is 0.231 e. The summed E-state index contributed by atoms with van der Waals surface area (Å²) in [5, 5.41) is 2.93. The number of carbonyl (C=O) groups excluding carboxylic acids is 1. The summed E-state index contributed by atoms with van der Waals surface area (Å²) in [4.78, 5) is 12.0. The molecule has 2 heterocycles. The number of fused-ring (bicyclic) bond motifs is 2. The minimum atomic E-state index is 0.0367. The molecule has 0 aromatic heterocycles. The summed E-state index contributed by atoms with van der Waals surface area (Å²) in [7, 11) is 0. The van der Waals surface area contributed by atoms with Crippen molar-refractivity contribution in [3.63, 3.8) is 0 Å². The van der Waals surface area contributed by atoms with Crippen LogP contribution in [0.5, 0.6) is 11.5 Å². The van der Waals surface area contributed by atoms with E-state index in [0.717, 1.165) is 17.0 Å². The van der Waals surface area contributed by atoms with Crippen LogP contribution in [-0.4, -0.2) is 12.7 Å². The quantitative estimate of drug-likeness (QED) is 0.873. The Bertz CT molecular complexity index is 739. The Balaban J connectivity index is 1.88. The Morgan fingerprint density at radius 3 is 2.67 bits per heavy atom. The second-order valence-corrected chi connectivity index (χ2v) is 5.45. The van der Waals surface area contributed by atoms with Gasteiger partial charge in [-0.15, -0.1) is 0 Å². The standard InChI is InChI=1S/C17H15NO3/c1-10-4-2-3-5-11(10)12-7-17(19)18-14-8-16-15(6-13(12)14)20-9-21-16/h2-6,8,12H,7,9H2,1H3,(H,18,19)/t12-/m0/s1. The number of anilines is 1. The first-order valence-electron chi connectivity index (χ1n) is 7.01. The van der Waals surface area contributed by atoms with Gasteiger partial charge in [-0.2, -0.15) is 0 Å². The molecular weight excluding hydrogens is 266 g/mol. The maximum absolute atomic E-state index is 12.0. The molecule has 4 heteroatoms. The average molecular weight is 281 g/mol. The molecule has 0 saturated carbocycles. The van der Waals surface area contributed by atoms with Crippen LogP contribution in [0.2, 0.25) is 0 Å². The van der Waals surface area contributed by atoms with E-state index < -0.39 is 0 Å². The monoisotopic (exact) mass is 281 g/mol. The van der Waals surface area contributed by atoms with Gasteiger partial charge in [-0.25, -0.2) is 0 Å². The van der Waals surface area contributed by atoms with Crippen LogP contribution in [-0.2, 0) is 4.79 Å². The molecule has 1 amide bonds. The van der Waals surface area contributed by atoms with Gasteiger partial charge in [0, 0.05) is 24.1 Å². The van der Waals surface area contributed by atoms with Crippen LogP contribution >= 0.6 is 0 Å². The van der Waals surface area contributed by atoms with Gasteiger partial charge in [0.05, 0.1) is 0 Å². The first-order valence-corrected chi connectivity index (χ1v) is 7.01. The van der Waals surface area contributed by atoms with Gasteiger partial charge in [-0.3, -0.25) is 4.79 Å². The summed E-state index contributed by atoms with van der Waals surface area (Å²) >= 11 is 0. The fourth-order valence-corrected chi connectivity index (χ4v) is 3.11. The molecule has 0 unspecified atom stereocenters. The molecule has 2 aliphatic heterocycles. The van der Waals surface area contributed by atoms with E-state index in [0.29, 0.717) is 12.2 Å². The zero-order chi connectivity index (χ0) is 14.4. The summed E-state index contributed by atoms with van der Waals surface area (Å²) < 4.78 is 10.9. The van der Waals surface area contributed by atoms with Gasteiger partial charge < -0.3 is 14.8 Å². The summed E-state index contributed by atoms with van der Waals surface area (Å²) in [6.45, 7) is 2.32. The van der Waals surface area contributed by atoms with Crippen LogP contribution in [0.25, 0.3) is 0 Å². The Kier molecular flexibility index (Phi) is 2.64. The van der Waals surface area contributed by atoms with Crippen LogP contribution in [0.3, 0.4) is 0 Å². The van der Waals surface area contributed by atoms with Crippen molar-refractivity contribution in [3.05, 3.63) is 53.1 Å². The van der Waals surface area contributed by atoms with E-state index in [1.807, 2.05) is 24.3 Å². The highest BCUT2D eigenvalue weighted by molar-refractivity contribution is 5.96. The Morgan fingerprint density at radius 2 is 1.86 bits per heavy atom. The SMILES string of the molecule is Cc1ccccc1[C@@H]1CC(=O)Nc2cc3c(cc21)OCO3. The minimum Gasteiger partial charge on any atom is -0.454 e. The summed E-state index contributed by atoms with van der Waals surface area (Å²) in [5.74, 6) is 1.54. The average Bonchev–Trinajstić information content (AvgIpc) is 2.92. The fraction of sp³-hybridized carbons (Fsp3) is 0.235. The van der Waals surface area contributed by atoms with Crippen molar-refractivity contribution in [2.45, 2.75) is 19.3 Å². The topological polar surface area (TPSA) is 47.6 Å². The van der Waals surface area contributed by atoms with Crippen LogP contribution in [0.1, 0.15) is 29.0 Å². The number of ether oxygens (including phenoxy) is 2. The molecule has 0 aliphatic carbocycles. The maximum atomic E-state index is 12.0. The smallest absolute Gasteiger partial charge is 0.231 e. The zero-order valence-corrected chi connectivity index (χ0v) is 11.7. The van der Waals surface area contributed by atoms with E-state index in [9.17, 15) is 4.79 Å². The highest BCUT2D eigenvalue weighted by atomic mass is 16.7. The predicted octanol–water partition coefficient (Wildman–Crippen LogP) is 3.20. The second-order valence-electron chi connectivity index (χ2n) is 5.45. The minimum absolute atomic E-state index is 0.0367. The van der Waals surface area contributed by atoms with Crippen molar-refractivity contribution >= 4 is 11.6 Å². The molecule has 2 aromatic rings. The molecule has 106 valence electrons. The van der Waals surface area contributed by atoms with Gasteiger partial charge in [-0.05, 0) is 29.7 Å². The molecule has 0 spiro atoms. The van der Waals surface area contributed by atoms with Crippen LogP contribution in [0.4, 0.5) is 5.69 Å². The molecule has 21 heavy (non-hydrogen) atoms. The van der Waals surface area contributed by atoms with E-state index >= 15 is 0 Å². The van der Waals surface area contributed by atoms with Crippen molar-refractivity contribution in [1.82, 2.24) is 0 Å². The van der Waals surface area contributed by atoms with E-state index in [1.54, 1.807) is 0 Å². The van der Waals surface area contributed by atoms with E-state index in [4.69, 9.17) is 9.47 Å². The number of benzene rings is 2. The Labute approximate surface area is 122 Å². The largest absolute Gasteiger partial charge is 0.454 e. The summed E-state index contributed by atoms with van der Waals surface area (Å²) in [6.07, 6.45) is 0.456. The Hall–Kier alpha value is -2.49. The highest BCUT2D eigenvalue weighted by Gasteiger charge is 2.30. The van der Waals surface area contributed by atoms with Gasteiger partial charge in [0.25, 0.3) is 0 Å². The lowest BCUT2D eigenvalue weighted by Gasteiger charge is -2.27. The van der Waals surface area contributed by atoms with Gasteiger partial charge in [0.2, 0.25) is 12.7 Å². The van der Waals surface area contributed by atoms with Crippen LogP contribution in [0, 0.1) is 6.92 Å². The normalized spacial score (nSPS) is 19.1. The van der Waals surface area contributed by atoms with Crippen LogP contribution < -0.4 is 14.8 Å². The molecule has 1 atom stereocenters. The van der Waals surface area contributed by atoms with Gasteiger partial charge in [0.1, 0.15) is 0 Å². The van der Waals surface area contributed by atoms with Gasteiger partial charge in [0.15, 0.2) is 11.5 Å². The molecule has 0 radical (unpaired) electrons. The van der Waals surface area contributed by atoms with Crippen molar-refractivity contribution in [2.75, 3.05) is 12.1 Å².